The van der Waals surface area contributed by atoms with Crippen molar-refractivity contribution >= 4 is 44.9 Å². The Morgan fingerprint density at radius 1 is 1.17 bits per heavy atom. The van der Waals surface area contributed by atoms with Gasteiger partial charge in [-0.15, -0.1) is 0 Å². The van der Waals surface area contributed by atoms with Crippen LogP contribution in [-0.2, 0) is 0 Å². The summed E-state index contributed by atoms with van der Waals surface area (Å²) < 4.78 is 0.711. The first-order valence-corrected chi connectivity index (χ1v) is 6.26. The maximum absolute atomic E-state index is 11.7. The number of halogens is 2. The van der Waals surface area contributed by atoms with Crippen LogP contribution < -0.4 is 10.6 Å². The highest BCUT2D eigenvalue weighted by molar-refractivity contribution is 9.10. The van der Waals surface area contributed by atoms with Gasteiger partial charge in [-0.25, -0.2) is 9.78 Å². The highest BCUT2D eigenvalue weighted by Crippen LogP contribution is 2.15. The summed E-state index contributed by atoms with van der Waals surface area (Å²) in [6, 6.07) is 10.1. The van der Waals surface area contributed by atoms with Gasteiger partial charge in [0.2, 0.25) is 0 Å². The van der Waals surface area contributed by atoms with Gasteiger partial charge in [0.05, 0.1) is 11.9 Å². The lowest BCUT2D eigenvalue weighted by atomic mass is 10.3. The quantitative estimate of drug-likeness (QED) is 0.815. The van der Waals surface area contributed by atoms with Crippen LogP contribution in [0.4, 0.5) is 16.2 Å². The van der Waals surface area contributed by atoms with E-state index in [0.29, 0.717) is 21.0 Å². The molecule has 0 saturated carbocycles. The van der Waals surface area contributed by atoms with E-state index in [1.54, 1.807) is 42.6 Å². The van der Waals surface area contributed by atoms with E-state index in [2.05, 4.69) is 31.5 Å². The van der Waals surface area contributed by atoms with Crippen LogP contribution in [0.2, 0.25) is 5.02 Å². The van der Waals surface area contributed by atoms with Crippen molar-refractivity contribution in [2.24, 2.45) is 0 Å². The molecule has 2 amide bonds. The third-order valence-corrected chi connectivity index (χ3v) is 2.77. The van der Waals surface area contributed by atoms with Crippen LogP contribution in [0.1, 0.15) is 0 Å². The van der Waals surface area contributed by atoms with Crippen LogP contribution >= 0.6 is 27.5 Å². The molecule has 0 atom stereocenters. The summed E-state index contributed by atoms with van der Waals surface area (Å²) in [5.74, 6) is 0. The molecule has 2 rings (SSSR count). The fraction of sp³-hybridized carbons (Fsp3) is 0. The van der Waals surface area contributed by atoms with E-state index in [4.69, 9.17) is 11.6 Å². The Bertz CT molecular complexity index is 560. The number of rotatable bonds is 2. The summed E-state index contributed by atoms with van der Waals surface area (Å²) in [4.78, 5) is 15.7. The predicted molar refractivity (Wildman–Crippen MR) is 76.0 cm³/mol. The lowest BCUT2D eigenvalue weighted by molar-refractivity contribution is 0.262. The van der Waals surface area contributed by atoms with Crippen LogP contribution in [0.25, 0.3) is 0 Å². The number of anilines is 2. The second kappa shape index (κ2) is 5.84. The molecule has 0 saturated heterocycles. The Hall–Kier alpha value is -1.59. The van der Waals surface area contributed by atoms with Gasteiger partial charge in [0, 0.05) is 10.7 Å². The average Bonchev–Trinajstić information content (AvgIpc) is 2.32. The molecule has 0 bridgehead atoms. The Labute approximate surface area is 118 Å². The van der Waals surface area contributed by atoms with E-state index in [0.717, 1.165) is 0 Å². The molecule has 0 aliphatic carbocycles. The van der Waals surface area contributed by atoms with Crippen LogP contribution in [0.5, 0.6) is 0 Å². The summed E-state index contributed by atoms with van der Waals surface area (Å²) in [5, 5.41) is 5.90. The van der Waals surface area contributed by atoms with Crippen molar-refractivity contribution in [1.82, 2.24) is 4.98 Å². The summed E-state index contributed by atoms with van der Waals surface area (Å²) >= 11 is 9.04. The highest BCUT2D eigenvalue weighted by Gasteiger charge is 2.03. The summed E-state index contributed by atoms with van der Waals surface area (Å²) in [6.07, 6.45) is 1.56. The molecule has 0 unspecified atom stereocenters. The molecule has 0 aliphatic heterocycles. The minimum absolute atomic E-state index is 0.346. The maximum Gasteiger partial charge on any atom is 0.323 e. The average molecular weight is 327 g/mol. The fourth-order valence-corrected chi connectivity index (χ4v) is 1.73. The van der Waals surface area contributed by atoms with Crippen LogP contribution in [-0.4, -0.2) is 11.0 Å². The molecule has 1 heterocycles. The van der Waals surface area contributed by atoms with Crippen LogP contribution in [0.3, 0.4) is 0 Å². The minimum Gasteiger partial charge on any atom is -0.308 e. The van der Waals surface area contributed by atoms with Gasteiger partial charge in [-0.2, -0.15) is 0 Å². The van der Waals surface area contributed by atoms with Crippen molar-refractivity contribution in [2.75, 3.05) is 10.6 Å². The number of hydrogen-bond acceptors (Lipinski definition) is 2. The van der Waals surface area contributed by atoms with Crippen molar-refractivity contribution in [3.05, 3.63) is 52.2 Å². The van der Waals surface area contributed by atoms with E-state index in [9.17, 15) is 4.79 Å². The number of benzene rings is 1. The topological polar surface area (TPSA) is 54.0 Å². The van der Waals surface area contributed by atoms with Gasteiger partial charge < -0.3 is 10.6 Å². The van der Waals surface area contributed by atoms with Crippen molar-refractivity contribution in [1.29, 1.82) is 0 Å². The number of amides is 2. The molecule has 6 heteroatoms. The van der Waals surface area contributed by atoms with Gasteiger partial charge in [-0.05, 0) is 46.3 Å². The number of nitrogens with zero attached hydrogens (tertiary/aromatic N) is 1. The molecule has 0 fully saturated rings. The maximum atomic E-state index is 11.7. The van der Waals surface area contributed by atoms with Gasteiger partial charge in [-0.3, -0.25) is 0 Å². The third-order valence-electron chi connectivity index (χ3n) is 2.07. The van der Waals surface area contributed by atoms with Gasteiger partial charge in [-0.1, -0.05) is 17.7 Å². The summed E-state index contributed by atoms with van der Waals surface area (Å²) in [5.41, 5.74) is 1.24. The van der Waals surface area contributed by atoms with E-state index in [1.165, 1.54) is 0 Å². The molecule has 0 aliphatic rings. The minimum atomic E-state index is -0.346. The number of pyridine rings is 1. The molecule has 2 aromatic rings. The molecule has 0 spiro atoms. The van der Waals surface area contributed by atoms with Crippen molar-refractivity contribution in [3.8, 4) is 0 Å². The molecule has 18 heavy (non-hydrogen) atoms. The molecule has 92 valence electrons. The van der Waals surface area contributed by atoms with Crippen LogP contribution in [0, 0.1) is 0 Å². The van der Waals surface area contributed by atoms with Crippen LogP contribution in [0.15, 0.2) is 47.2 Å². The molecule has 4 nitrogen and oxygen atoms in total. The molecule has 1 aromatic carbocycles. The SMILES string of the molecule is O=C(Nc1ccc(Br)nc1)Nc1cccc(Cl)c1. The Kier molecular flexibility index (Phi) is 4.17. The van der Waals surface area contributed by atoms with E-state index >= 15 is 0 Å². The first-order chi connectivity index (χ1) is 8.63. The van der Waals surface area contributed by atoms with Gasteiger partial charge >= 0.3 is 6.03 Å². The zero-order valence-corrected chi connectivity index (χ0v) is 11.5. The number of aromatic nitrogens is 1. The third kappa shape index (κ3) is 3.72. The number of carbonyl (C=O) groups excluding carboxylic acids is 1. The lowest BCUT2D eigenvalue weighted by Gasteiger charge is -2.07. The summed E-state index contributed by atoms with van der Waals surface area (Å²) in [7, 11) is 0. The largest absolute Gasteiger partial charge is 0.323 e. The lowest BCUT2D eigenvalue weighted by Crippen LogP contribution is -2.19. The van der Waals surface area contributed by atoms with Gasteiger partial charge in [0.15, 0.2) is 0 Å². The van der Waals surface area contributed by atoms with E-state index in [-0.39, 0.29) is 6.03 Å². The highest BCUT2D eigenvalue weighted by atomic mass is 79.9. The normalized spacial score (nSPS) is 9.89. The van der Waals surface area contributed by atoms with Crippen molar-refractivity contribution in [2.45, 2.75) is 0 Å². The van der Waals surface area contributed by atoms with Gasteiger partial charge in [0.1, 0.15) is 4.60 Å². The first-order valence-electron chi connectivity index (χ1n) is 5.08. The number of nitrogens with one attached hydrogen (secondary N) is 2. The Balaban J connectivity index is 1.98. The summed E-state index contributed by atoms with van der Waals surface area (Å²) in [6.45, 7) is 0. The monoisotopic (exact) mass is 325 g/mol. The second-order valence-electron chi connectivity index (χ2n) is 3.46. The number of urea groups is 1. The molecule has 0 radical (unpaired) electrons. The van der Waals surface area contributed by atoms with E-state index in [1.807, 2.05) is 0 Å². The standard InChI is InChI=1S/C12H9BrClN3O/c13-11-5-4-10(7-15-11)17-12(18)16-9-3-1-2-8(14)6-9/h1-7H,(H2,16,17,18). The molecule has 2 N–H and O–H groups in total. The smallest absolute Gasteiger partial charge is 0.308 e. The predicted octanol–water partition coefficient (Wildman–Crippen LogP) is 4.14. The zero-order valence-electron chi connectivity index (χ0n) is 9.15. The molecule has 1 aromatic heterocycles. The van der Waals surface area contributed by atoms with Crippen molar-refractivity contribution in [3.63, 3.8) is 0 Å². The van der Waals surface area contributed by atoms with E-state index < -0.39 is 0 Å². The first kappa shape index (κ1) is 12.9. The second-order valence-corrected chi connectivity index (χ2v) is 4.71. The van der Waals surface area contributed by atoms with Crippen molar-refractivity contribution < 1.29 is 4.79 Å². The Morgan fingerprint density at radius 2 is 1.94 bits per heavy atom. The zero-order chi connectivity index (χ0) is 13.0. The molecular formula is C12H9BrClN3O. The Morgan fingerprint density at radius 3 is 2.61 bits per heavy atom. The number of carbonyl (C=O) groups is 1. The number of hydrogen-bond donors (Lipinski definition) is 2. The fourth-order valence-electron chi connectivity index (χ4n) is 1.31. The van der Waals surface area contributed by atoms with Gasteiger partial charge in [0.25, 0.3) is 0 Å². The molecular weight excluding hydrogens is 318 g/mol.